The summed E-state index contributed by atoms with van der Waals surface area (Å²) in [7, 11) is 0. The van der Waals surface area contributed by atoms with Crippen molar-refractivity contribution in [2.75, 3.05) is 25.0 Å². The number of rotatable bonds is 4. The van der Waals surface area contributed by atoms with Crippen LogP contribution in [-0.2, 0) is 0 Å². The van der Waals surface area contributed by atoms with E-state index in [2.05, 4.69) is 39.1 Å². The molecule has 18 heavy (non-hydrogen) atoms. The van der Waals surface area contributed by atoms with Crippen LogP contribution in [0.4, 0.5) is 5.69 Å². The van der Waals surface area contributed by atoms with Gasteiger partial charge in [-0.15, -0.1) is 0 Å². The second-order valence-electron chi connectivity index (χ2n) is 4.81. The Bertz CT molecular complexity index is 447. The molecule has 0 spiro atoms. The molecule has 1 fully saturated rings. The normalized spacial score (nSPS) is 17.4. The average molecular weight is 308 g/mol. The van der Waals surface area contributed by atoms with Crippen molar-refractivity contribution < 1.29 is 0 Å². The quantitative estimate of drug-likeness (QED) is 0.928. The molecule has 0 aromatic heterocycles. The molecule has 0 bridgehead atoms. The summed E-state index contributed by atoms with van der Waals surface area (Å²) in [6, 6.07) is 8.44. The molecule has 1 aromatic carbocycles. The van der Waals surface area contributed by atoms with Crippen molar-refractivity contribution in [2.24, 2.45) is 0 Å². The van der Waals surface area contributed by atoms with Crippen molar-refractivity contribution >= 4 is 21.6 Å². The standard InChI is InChI=1S/C14H18BrN3/c1-11(18-4-2-3-5-18)10-17-14-7-12(9-16)6-13(15)8-14/h6-8,11,17H,2-5,10H2,1H3. The van der Waals surface area contributed by atoms with Crippen LogP contribution in [0.15, 0.2) is 22.7 Å². The van der Waals surface area contributed by atoms with E-state index in [0.29, 0.717) is 11.6 Å². The van der Waals surface area contributed by atoms with Gasteiger partial charge in [0, 0.05) is 22.7 Å². The number of nitriles is 1. The first-order valence-electron chi connectivity index (χ1n) is 6.37. The van der Waals surface area contributed by atoms with E-state index in [1.165, 1.54) is 25.9 Å². The van der Waals surface area contributed by atoms with E-state index in [4.69, 9.17) is 5.26 Å². The first-order chi connectivity index (χ1) is 8.69. The topological polar surface area (TPSA) is 39.1 Å². The second kappa shape index (κ2) is 6.21. The van der Waals surface area contributed by atoms with Gasteiger partial charge >= 0.3 is 0 Å². The van der Waals surface area contributed by atoms with Crippen LogP contribution in [0.5, 0.6) is 0 Å². The predicted molar refractivity (Wildman–Crippen MR) is 77.6 cm³/mol. The molecule has 1 unspecified atom stereocenters. The summed E-state index contributed by atoms with van der Waals surface area (Å²) in [5.74, 6) is 0. The molecule has 0 amide bonds. The summed E-state index contributed by atoms with van der Waals surface area (Å²) in [4.78, 5) is 2.51. The number of benzene rings is 1. The lowest BCUT2D eigenvalue weighted by Crippen LogP contribution is -2.35. The molecule has 0 saturated carbocycles. The lowest BCUT2D eigenvalue weighted by Gasteiger charge is -2.24. The highest BCUT2D eigenvalue weighted by molar-refractivity contribution is 9.10. The maximum absolute atomic E-state index is 8.93. The Morgan fingerprint density at radius 3 is 2.78 bits per heavy atom. The van der Waals surface area contributed by atoms with E-state index in [1.54, 1.807) is 0 Å². The van der Waals surface area contributed by atoms with Crippen molar-refractivity contribution in [3.05, 3.63) is 28.2 Å². The van der Waals surface area contributed by atoms with Crippen molar-refractivity contribution in [1.82, 2.24) is 4.90 Å². The Labute approximate surface area is 117 Å². The average Bonchev–Trinajstić information content (AvgIpc) is 2.89. The Hall–Kier alpha value is -1.05. The van der Waals surface area contributed by atoms with Crippen LogP contribution >= 0.6 is 15.9 Å². The molecular formula is C14H18BrN3. The summed E-state index contributed by atoms with van der Waals surface area (Å²) in [6.45, 7) is 5.60. The summed E-state index contributed by atoms with van der Waals surface area (Å²) in [6.07, 6.45) is 2.64. The van der Waals surface area contributed by atoms with Crippen molar-refractivity contribution in [3.63, 3.8) is 0 Å². The third-order valence-corrected chi connectivity index (χ3v) is 3.85. The van der Waals surface area contributed by atoms with Gasteiger partial charge in [-0.1, -0.05) is 15.9 Å². The molecule has 2 rings (SSSR count). The highest BCUT2D eigenvalue weighted by atomic mass is 79.9. The Balaban J connectivity index is 1.93. The van der Waals surface area contributed by atoms with E-state index < -0.39 is 0 Å². The number of halogens is 1. The van der Waals surface area contributed by atoms with Gasteiger partial charge in [0.2, 0.25) is 0 Å². The van der Waals surface area contributed by atoms with Gasteiger partial charge in [0.15, 0.2) is 0 Å². The van der Waals surface area contributed by atoms with Crippen LogP contribution in [0.25, 0.3) is 0 Å². The fourth-order valence-corrected chi connectivity index (χ4v) is 2.83. The minimum absolute atomic E-state index is 0.539. The SMILES string of the molecule is CC(CNc1cc(Br)cc(C#N)c1)N1CCCC1. The van der Waals surface area contributed by atoms with Gasteiger partial charge < -0.3 is 5.32 Å². The molecule has 1 N–H and O–H groups in total. The maximum Gasteiger partial charge on any atom is 0.0992 e. The lowest BCUT2D eigenvalue weighted by atomic mass is 10.2. The van der Waals surface area contributed by atoms with Crippen LogP contribution in [0, 0.1) is 11.3 Å². The van der Waals surface area contributed by atoms with Gasteiger partial charge in [0.05, 0.1) is 11.6 Å². The van der Waals surface area contributed by atoms with Gasteiger partial charge in [0.1, 0.15) is 0 Å². The zero-order valence-corrected chi connectivity index (χ0v) is 12.2. The predicted octanol–water partition coefficient (Wildman–Crippen LogP) is 3.22. The van der Waals surface area contributed by atoms with E-state index in [0.717, 1.165) is 16.7 Å². The molecule has 1 aromatic rings. The summed E-state index contributed by atoms with van der Waals surface area (Å²) < 4.78 is 0.942. The fourth-order valence-electron chi connectivity index (χ4n) is 2.33. The molecule has 1 heterocycles. The zero-order chi connectivity index (χ0) is 13.0. The van der Waals surface area contributed by atoms with Gasteiger partial charge in [-0.05, 0) is 51.1 Å². The number of nitrogens with zero attached hydrogens (tertiary/aromatic N) is 2. The molecular weight excluding hydrogens is 290 g/mol. The van der Waals surface area contributed by atoms with Crippen LogP contribution in [0.3, 0.4) is 0 Å². The fraction of sp³-hybridized carbons (Fsp3) is 0.500. The number of hydrogen-bond acceptors (Lipinski definition) is 3. The largest absolute Gasteiger partial charge is 0.383 e. The van der Waals surface area contributed by atoms with E-state index in [9.17, 15) is 0 Å². The first kappa shape index (κ1) is 13.4. The molecule has 3 nitrogen and oxygen atoms in total. The molecule has 0 radical (unpaired) electrons. The number of nitrogens with one attached hydrogen (secondary N) is 1. The molecule has 1 aliphatic heterocycles. The molecule has 1 aliphatic rings. The van der Waals surface area contributed by atoms with Crippen molar-refractivity contribution in [1.29, 1.82) is 5.26 Å². The first-order valence-corrected chi connectivity index (χ1v) is 7.17. The smallest absolute Gasteiger partial charge is 0.0992 e. The third kappa shape index (κ3) is 3.47. The minimum atomic E-state index is 0.539. The highest BCUT2D eigenvalue weighted by Crippen LogP contribution is 2.20. The number of anilines is 1. The van der Waals surface area contributed by atoms with E-state index in [-0.39, 0.29) is 0 Å². The number of hydrogen-bond donors (Lipinski definition) is 1. The molecule has 4 heteroatoms. The van der Waals surface area contributed by atoms with Crippen LogP contribution in [0.1, 0.15) is 25.3 Å². The Morgan fingerprint density at radius 2 is 2.11 bits per heavy atom. The van der Waals surface area contributed by atoms with Crippen molar-refractivity contribution in [3.8, 4) is 6.07 Å². The summed E-state index contributed by atoms with van der Waals surface area (Å²) >= 11 is 3.43. The van der Waals surface area contributed by atoms with Gasteiger partial charge in [-0.3, -0.25) is 4.90 Å². The minimum Gasteiger partial charge on any atom is -0.383 e. The van der Waals surface area contributed by atoms with Gasteiger partial charge in [0.25, 0.3) is 0 Å². The van der Waals surface area contributed by atoms with E-state index >= 15 is 0 Å². The zero-order valence-electron chi connectivity index (χ0n) is 10.6. The molecule has 0 aliphatic carbocycles. The van der Waals surface area contributed by atoms with Crippen LogP contribution in [-0.4, -0.2) is 30.6 Å². The van der Waals surface area contributed by atoms with Crippen LogP contribution in [0.2, 0.25) is 0 Å². The second-order valence-corrected chi connectivity index (χ2v) is 5.73. The summed E-state index contributed by atoms with van der Waals surface area (Å²) in [5.41, 5.74) is 1.69. The van der Waals surface area contributed by atoms with E-state index in [1.807, 2.05) is 18.2 Å². The summed E-state index contributed by atoms with van der Waals surface area (Å²) in [5, 5.41) is 12.3. The third-order valence-electron chi connectivity index (χ3n) is 3.39. The molecule has 1 saturated heterocycles. The number of likely N-dealkylation sites (tertiary alicyclic amines) is 1. The monoisotopic (exact) mass is 307 g/mol. The highest BCUT2D eigenvalue weighted by Gasteiger charge is 2.17. The Kier molecular flexibility index (Phi) is 4.62. The lowest BCUT2D eigenvalue weighted by molar-refractivity contribution is 0.269. The van der Waals surface area contributed by atoms with Gasteiger partial charge in [-0.2, -0.15) is 5.26 Å². The maximum atomic E-state index is 8.93. The Morgan fingerprint density at radius 1 is 1.39 bits per heavy atom. The van der Waals surface area contributed by atoms with Crippen LogP contribution < -0.4 is 5.32 Å². The molecule has 96 valence electrons. The van der Waals surface area contributed by atoms with Gasteiger partial charge in [-0.25, -0.2) is 0 Å². The molecule has 1 atom stereocenters. The van der Waals surface area contributed by atoms with Crippen molar-refractivity contribution in [2.45, 2.75) is 25.8 Å².